The second kappa shape index (κ2) is 5.53. The molecule has 0 aliphatic carbocycles. The van der Waals surface area contributed by atoms with Crippen molar-refractivity contribution in [2.45, 2.75) is 26.3 Å². The summed E-state index contributed by atoms with van der Waals surface area (Å²) >= 11 is 0. The van der Waals surface area contributed by atoms with E-state index in [1.165, 1.54) is 6.08 Å². The van der Waals surface area contributed by atoms with E-state index in [2.05, 4.69) is 5.32 Å². The van der Waals surface area contributed by atoms with Crippen molar-refractivity contribution in [2.24, 2.45) is 0 Å². The number of nitrogens with one attached hydrogen (secondary N) is 1. The van der Waals surface area contributed by atoms with Gasteiger partial charge in [-0.25, -0.2) is 0 Å². The van der Waals surface area contributed by atoms with Crippen LogP contribution in [0.3, 0.4) is 0 Å². The zero-order valence-corrected chi connectivity index (χ0v) is 10.8. The van der Waals surface area contributed by atoms with E-state index in [-0.39, 0.29) is 11.4 Å². The number of rotatable bonds is 3. The van der Waals surface area contributed by atoms with Crippen LogP contribution >= 0.6 is 0 Å². The third-order valence-electron chi connectivity index (χ3n) is 2.04. The van der Waals surface area contributed by atoms with E-state index >= 15 is 0 Å². The Morgan fingerprint density at radius 3 is 2.29 bits per heavy atom. The van der Waals surface area contributed by atoms with Gasteiger partial charge in [-0.2, -0.15) is 0 Å². The number of amides is 1. The fourth-order valence-electron chi connectivity index (χ4n) is 1.30. The first-order valence-electron chi connectivity index (χ1n) is 5.55. The van der Waals surface area contributed by atoms with Gasteiger partial charge in [-0.1, -0.05) is 12.1 Å². The number of carbonyl (C=O) groups is 1. The summed E-state index contributed by atoms with van der Waals surface area (Å²) in [7, 11) is 1.63. The molecule has 1 aromatic rings. The first kappa shape index (κ1) is 13.3. The summed E-state index contributed by atoms with van der Waals surface area (Å²) in [5.74, 6) is 0.717. The Morgan fingerprint density at radius 2 is 1.82 bits per heavy atom. The number of ether oxygens (including phenoxy) is 1. The number of methoxy groups -OCH3 is 1. The van der Waals surface area contributed by atoms with Crippen molar-refractivity contribution in [2.75, 3.05) is 7.11 Å². The Kier molecular flexibility index (Phi) is 4.32. The number of benzene rings is 1. The van der Waals surface area contributed by atoms with Gasteiger partial charge in [-0.05, 0) is 44.5 Å². The fourth-order valence-corrected chi connectivity index (χ4v) is 1.30. The molecule has 0 saturated carbocycles. The fraction of sp³-hybridized carbons (Fsp3) is 0.357. The Morgan fingerprint density at radius 1 is 1.24 bits per heavy atom. The number of hydrogen-bond acceptors (Lipinski definition) is 2. The summed E-state index contributed by atoms with van der Waals surface area (Å²) in [6.07, 6.45) is 3.31. The van der Waals surface area contributed by atoms with Gasteiger partial charge in [0.2, 0.25) is 5.91 Å². The van der Waals surface area contributed by atoms with Gasteiger partial charge in [0.15, 0.2) is 0 Å². The largest absolute Gasteiger partial charge is 0.497 e. The quantitative estimate of drug-likeness (QED) is 0.815. The molecule has 1 rings (SSSR count). The number of hydrogen-bond donors (Lipinski definition) is 1. The molecular formula is C14H19NO2. The van der Waals surface area contributed by atoms with Gasteiger partial charge in [0, 0.05) is 11.6 Å². The topological polar surface area (TPSA) is 38.3 Å². The summed E-state index contributed by atoms with van der Waals surface area (Å²) in [4.78, 5) is 11.5. The van der Waals surface area contributed by atoms with Crippen molar-refractivity contribution < 1.29 is 9.53 Å². The molecule has 0 fully saturated rings. The molecule has 92 valence electrons. The van der Waals surface area contributed by atoms with Crippen LogP contribution < -0.4 is 10.1 Å². The summed E-state index contributed by atoms with van der Waals surface area (Å²) in [6, 6.07) is 7.53. The van der Waals surface area contributed by atoms with Crippen LogP contribution in [0.25, 0.3) is 6.08 Å². The molecule has 0 spiro atoms. The van der Waals surface area contributed by atoms with Crippen molar-refractivity contribution in [1.29, 1.82) is 0 Å². The van der Waals surface area contributed by atoms with Crippen LogP contribution in [0.5, 0.6) is 5.75 Å². The molecule has 1 aromatic carbocycles. The number of carbonyl (C=O) groups excluding carboxylic acids is 1. The molecule has 1 amide bonds. The van der Waals surface area contributed by atoms with Crippen molar-refractivity contribution in [3.8, 4) is 5.75 Å². The third-order valence-corrected chi connectivity index (χ3v) is 2.04. The second-order valence-electron chi connectivity index (χ2n) is 4.85. The maximum absolute atomic E-state index is 11.5. The van der Waals surface area contributed by atoms with Gasteiger partial charge in [-0.15, -0.1) is 0 Å². The minimum atomic E-state index is -0.207. The van der Waals surface area contributed by atoms with Crippen LogP contribution in [0.2, 0.25) is 0 Å². The van der Waals surface area contributed by atoms with E-state index in [9.17, 15) is 4.79 Å². The van der Waals surface area contributed by atoms with Gasteiger partial charge in [0.05, 0.1) is 7.11 Å². The minimum absolute atomic E-state index is 0.0895. The zero-order valence-electron chi connectivity index (χ0n) is 10.8. The minimum Gasteiger partial charge on any atom is -0.497 e. The van der Waals surface area contributed by atoms with E-state index in [4.69, 9.17) is 4.74 Å². The van der Waals surface area contributed by atoms with Gasteiger partial charge in [-0.3, -0.25) is 4.79 Å². The molecule has 0 aromatic heterocycles. The highest BCUT2D eigenvalue weighted by atomic mass is 16.5. The zero-order chi connectivity index (χ0) is 12.9. The highest BCUT2D eigenvalue weighted by Gasteiger charge is 2.10. The Labute approximate surface area is 102 Å². The molecule has 3 heteroatoms. The molecule has 0 heterocycles. The van der Waals surface area contributed by atoms with Gasteiger partial charge < -0.3 is 10.1 Å². The van der Waals surface area contributed by atoms with Crippen molar-refractivity contribution >= 4 is 12.0 Å². The molecule has 0 bridgehead atoms. The van der Waals surface area contributed by atoms with E-state index in [0.717, 1.165) is 11.3 Å². The lowest BCUT2D eigenvalue weighted by Crippen LogP contribution is -2.39. The third kappa shape index (κ3) is 5.20. The lowest BCUT2D eigenvalue weighted by molar-refractivity contribution is -0.117. The van der Waals surface area contributed by atoms with Crippen LogP contribution in [0.1, 0.15) is 26.3 Å². The molecule has 0 atom stereocenters. The summed E-state index contributed by atoms with van der Waals surface area (Å²) < 4.78 is 5.06. The van der Waals surface area contributed by atoms with Crippen LogP contribution in [0, 0.1) is 0 Å². The Balaban J connectivity index is 2.61. The predicted octanol–water partition coefficient (Wildman–Crippen LogP) is 2.62. The molecule has 0 radical (unpaired) electrons. The maximum atomic E-state index is 11.5. The monoisotopic (exact) mass is 233 g/mol. The second-order valence-corrected chi connectivity index (χ2v) is 4.85. The Hall–Kier alpha value is -1.77. The summed E-state index contributed by atoms with van der Waals surface area (Å²) in [6.45, 7) is 5.85. The van der Waals surface area contributed by atoms with Crippen molar-refractivity contribution in [3.63, 3.8) is 0 Å². The molecule has 17 heavy (non-hydrogen) atoms. The first-order valence-corrected chi connectivity index (χ1v) is 5.55. The smallest absolute Gasteiger partial charge is 0.244 e. The van der Waals surface area contributed by atoms with Crippen LogP contribution in [0.4, 0.5) is 0 Å². The van der Waals surface area contributed by atoms with Crippen LogP contribution in [0.15, 0.2) is 30.3 Å². The normalized spacial score (nSPS) is 11.5. The van der Waals surface area contributed by atoms with Crippen molar-refractivity contribution in [1.82, 2.24) is 5.32 Å². The van der Waals surface area contributed by atoms with Crippen LogP contribution in [-0.4, -0.2) is 18.6 Å². The highest BCUT2D eigenvalue weighted by Crippen LogP contribution is 2.12. The molecule has 0 aliphatic rings. The average Bonchev–Trinajstić information content (AvgIpc) is 2.25. The lowest BCUT2D eigenvalue weighted by atomic mass is 10.1. The summed E-state index contributed by atoms with van der Waals surface area (Å²) in [5, 5.41) is 2.86. The molecular weight excluding hydrogens is 214 g/mol. The van der Waals surface area contributed by atoms with Gasteiger partial charge in [0.1, 0.15) is 5.75 Å². The van der Waals surface area contributed by atoms with E-state index in [0.29, 0.717) is 0 Å². The summed E-state index contributed by atoms with van der Waals surface area (Å²) in [5.41, 5.74) is 0.760. The maximum Gasteiger partial charge on any atom is 0.244 e. The predicted molar refractivity (Wildman–Crippen MR) is 69.9 cm³/mol. The standard InChI is InChI=1S/C14H19NO2/c1-14(2,3)15-13(16)10-7-11-5-8-12(17-4)9-6-11/h5-10H,1-4H3,(H,15,16). The SMILES string of the molecule is COc1ccc(C=CC(=O)NC(C)(C)C)cc1. The molecule has 0 aliphatic heterocycles. The van der Waals surface area contributed by atoms with E-state index in [1.807, 2.05) is 45.0 Å². The van der Waals surface area contributed by atoms with E-state index < -0.39 is 0 Å². The molecule has 1 N–H and O–H groups in total. The first-order chi connectivity index (χ1) is 7.90. The van der Waals surface area contributed by atoms with Crippen molar-refractivity contribution in [3.05, 3.63) is 35.9 Å². The van der Waals surface area contributed by atoms with Gasteiger partial charge in [0.25, 0.3) is 0 Å². The Bertz CT molecular complexity index is 399. The molecule has 3 nitrogen and oxygen atoms in total. The van der Waals surface area contributed by atoms with E-state index in [1.54, 1.807) is 13.2 Å². The molecule has 0 saturated heterocycles. The van der Waals surface area contributed by atoms with Gasteiger partial charge >= 0.3 is 0 Å². The highest BCUT2D eigenvalue weighted by molar-refractivity contribution is 5.92. The lowest BCUT2D eigenvalue weighted by Gasteiger charge is -2.18. The van der Waals surface area contributed by atoms with Crippen LogP contribution in [-0.2, 0) is 4.79 Å². The molecule has 0 unspecified atom stereocenters. The average molecular weight is 233 g/mol.